The minimum Gasteiger partial charge on any atom is -0.495 e. The maximum atomic E-state index is 11.9. The van der Waals surface area contributed by atoms with Gasteiger partial charge in [-0.25, -0.2) is 0 Å². The van der Waals surface area contributed by atoms with Crippen molar-refractivity contribution in [3.63, 3.8) is 0 Å². The van der Waals surface area contributed by atoms with E-state index in [1.54, 1.807) is 25.6 Å². The number of carbonyl (C=O) groups is 1. The van der Waals surface area contributed by atoms with Gasteiger partial charge in [-0.3, -0.25) is 9.78 Å². The van der Waals surface area contributed by atoms with E-state index in [2.05, 4.69) is 42.2 Å². The summed E-state index contributed by atoms with van der Waals surface area (Å²) < 4.78 is 7.05. The summed E-state index contributed by atoms with van der Waals surface area (Å²) in [4.78, 5) is 15.9. The quantitative estimate of drug-likeness (QED) is 0.738. The van der Waals surface area contributed by atoms with Crippen molar-refractivity contribution in [3.8, 4) is 5.75 Å². The molecule has 0 atom stereocenters. The molecule has 1 aromatic carbocycles. The molecule has 0 saturated carbocycles. The van der Waals surface area contributed by atoms with Gasteiger partial charge >= 0.3 is 0 Å². The van der Waals surface area contributed by atoms with Crippen molar-refractivity contribution in [2.75, 3.05) is 7.11 Å². The Morgan fingerprint density at radius 2 is 2.23 bits per heavy atom. The van der Waals surface area contributed by atoms with Crippen LogP contribution in [0.5, 0.6) is 5.75 Å². The van der Waals surface area contributed by atoms with Crippen LogP contribution >= 0.6 is 31.9 Å². The van der Waals surface area contributed by atoms with E-state index in [0.717, 1.165) is 20.1 Å². The van der Waals surface area contributed by atoms with Gasteiger partial charge in [0.1, 0.15) is 5.75 Å². The summed E-state index contributed by atoms with van der Waals surface area (Å²) in [6.07, 6.45) is 6.61. The average molecular weight is 426 g/mol. The third kappa shape index (κ3) is 4.68. The molecule has 0 spiro atoms. The van der Waals surface area contributed by atoms with Crippen LogP contribution in [0, 0.1) is 0 Å². The lowest BCUT2D eigenvalue weighted by molar-refractivity contribution is -0.116. The highest BCUT2D eigenvalue weighted by atomic mass is 79.9. The van der Waals surface area contributed by atoms with Crippen LogP contribution in [0.3, 0.4) is 0 Å². The van der Waals surface area contributed by atoms with Crippen LogP contribution in [0.15, 0.2) is 51.7 Å². The average Bonchev–Trinajstić information content (AvgIpc) is 2.51. The van der Waals surface area contributed by atoms with E-state index >= 15 is 0 Å². The minimum atomic E-state index is -0.179. The van der Waals surface area contributed by atoms with Gasteiger partial charge in [-0.05, 0) is 45.8 Å². The molecule has 0 aliphatic heterocycles. The highest BCUT2D eigenvalue weighted by Crippen LogP contribution is 2.33. The molecule has 0 radical (unpaired) electrons. The van der Waals surface area contributed by atoms with Gasteiger partial charge in [0.25, 0.3) is 0 Å². The first-order chi connectivity index (χ1) is 10.6. The van der Waals surface area contributed by atoms with Gasteiger partial charge in [0.2, 0.25) is 5.91 Å². The zero-order valence-corrected chi connectivity index (χ0v) is 15.0. The number of hydrogen-bond acceptors (Lipinski definition) is 3. The van der Waals surface area contributed by atoms with Gasteiger partial charge in [0.05, 0.1) is 11.6 Å². The second-order valence-electron chi connectivity index (χ2n) is 4.42. The normalized spacial score (nSPS) is 10.7. The predicted octanol–water partition coefficient (Wildman–Crippen LogP) is 3.94. The van der Waals surface area contributed by atoms with E-state index in [1.165, 1.54) is 6.08 Å². The van der Waals surface area contributed by atoms with Gasteiger partial charge in [-0.1, -0.05) is 22.0 Å². The molecule has 0 aliphatic rings. The fraction of sp³-hybridized carbons (Fsp3) is 0.125. The number of pyridine rings is 1. The lowest BCUT2D eigenvalue weighted by Crippen LogP contribution is -2.20. The number of carbonyl (C=O) groups excluding carboxylic acids is 1. The summed E-state index contributed by atoms with van der Waals surface area (Å²) in [5.74, 6) is 0.501. The number of nitrogens with zero attached hydrogens (tertiary/aromatic N) is 1. The van der Waals surface area contributed by atoms with Crippen LogP contribution in [-0.4, -0.2) is 18.0 Å². The first-order valence-electron chi connectivity index (χ1n) is 6.48. The van der Waals surface area contributed by atoms with Crippen molar-refractivity contribution in [2.24, 2.45) is 0 Å². The molecule has 0 bridgehead atoms. The SMILES string of the molecule is COc1c(Br)cc(Br)cc1/C=C/C(=O)NCc1cccnc1. The van der Waals surface area contributed by atoms with Crippen LogP contribution in [-0.2, 0) is 11.3 Å². The molecule has 1 amide bonds. The Bertz CT molecular complexity index is 688. The first kappa shape index (κ1) is 16.7. The first-order valence-corrected chi connectivity index (χ1v) is 8.06. The summed E-state index contributed by atoms with van der Waals surface area (Å²) in [6.45, 7) is 0.441. The molecule has 0 saturated heterocycles. The second kappa shape index (κ2) is 8.10. The van der Waals surface area contributed by atoms with Crippen molar-refractivity contribution in [3.05, 3.63) is 62.8 Å². The van der Waals surface area contributed by atoms with Gasteiger partial charge in [-0.15, -0.1) is 0 Å². The number of benzene rings is 1. The Kier molecular flexibility index (Phi) is 6.15. The molecule has 114 valence electrons. The van der Waals surface area contributed by atoms with Crippen LogP contribution in [0.2, 0.25) is 0 Å². The van der Waals surface area contributed by atoms with Crippen LogP contribution in [0.25, 0.3) is 6.08 Å². The molecule has 22 heavy (non-hydrogen) atoms. The molecule has 0 aliphatic carbocycles. The van der Waals surface area contributed by atoms with Gasteiger partial charge in [0, 0.05) is 35.1 Å². The lowest BCUT2D eigenvalue weighted by atomic mass is 10.2. The fourth-order valence-corrected chi connectivity index (χ4v) is 3.26. The summed E-state index contributed by atoms with van der Waals surface area (Å²) in [5.41, 5.74) is 1.76. The number of hydrogen-bond donors (Lipinski definition) is 1. The van der Waals surface area contributed by atoms with Gasteiger partial charge in [-0.2, -0.15) is 0 Å². The number of methoxy groups -OCH3 is 1. The second-order valence-corrected chi connectivity index (χ2v) is 6.19. The zero-order chi connectivity index (χ0) is 15.9. The Morgan fingerprint density at radius 1 is 1.41 bits per heavy atom. The van der Waals surface area contributed by atoms with Crippen LogP contribution in [0.4, 0.5) is 0 Å². The van der Waals surface area contributed by atoms with E-state index in [1.807, 2.05) is 24.3 Å². The molecule has 1 N–H and O–H groups in total. The van der Waals surface area contributed by atoms with Crippen molar-refractivity contribution < 1.29 is 9.53 Å². The third-order valence-corrected chi connectivity index (χ3v) is 3.89. The van der Waals surface area contributed by atoms with Crippen molar-refractivity contribution >= 4 is 43.8 Å². The fourth-order valence-electron chi connectivity index (χ4n) is 1.84. The molecule has 4 nitrogen and oxygen atoms in total. The maximum Gasteiger partial charge on any atom is 0.244 e. The Morgan fingerprint density at radius 3 is 2.91 bits per heavy atom. The topological polar surface area (TPSA) is 51.2 Å². The number of halogens is 2. The Labute approximate surface area is 145 Å². The van der Waals surface area contributed by atoms with Crippen molar-refractivity contribution in [1.29, 1.82) is 0 Å². The van der Waals surface area contributed by atoms with Gasteiger partial charge in [0.15, 0.2) is 0 Å². The van der Waals surface area contributed by atoms with Crippen molar-refractivity contribution in [2.45, 2.75) is 6.54 Å². The Balaban J connectivity index is 2.04. The zero-order valence-electron chi connectivity index (χ0n) is 11.8. The van der Waals surface area contributed by atoms with Crippen molar-refractivity contribution in [1.82, 2.24) is 10.3 Å². The summed E-state index contributed by atoms with van der Waals surface area (Å²) in [6, 6.07) is 7.51. The molecule has 0 unspecified atom stereocenters. The maximum absolute atomic E-state index is 11.9. The van der Waals surface area contributed by atoms with Crippen LogP contribution in [0.1, 0.15) is 11.1 Å². The van der Waals surface area contributed by atoms with Crippen LogP contribution < -0.4 is 10.1 Å². The number of nitrogens with one attached hydrogen (secondary N) is 1. The van der Waals surface area contributed by atoms with E-state index in [9.17, 15) is 4.79 Å². The predicted molar refractivity (Wildman–Crippen MR) is 93.5 cm³/mol. The molecule has 0 fully saturated rings. The highest BCUT2D eigenvalue weighted by Gasteiger charge is 2.07. The summed E-state index contributed by atoms with van der Waals surface area (Å²) in [7, 11) is 1.59. The lowest BCUT2D eigenvalue weighted by Gasteiger charge is -2.08. The van der Waals surface area contributed by atoms with E-state index in [-0.39, 0.29) is 5.91 Å². The molecular weight excluding hydrogens is 412 g/mol. The summed E-state index contributed by atoms with van der Waals surface area (Å²) >= 11 is 6.85. The largest absolute Gasteiger partial charge is 0.495 e. The van der Waals surface area contributed by atoms with Gasteiger partial charge < -0.3 is 10.1 Å². The molecule has 1 aromatic heterocycles. The van der Waals surface area contributed by atoms with E-state index in [4.69, 9.17) is 4.74 Å². The smallest absolute Gasteiger partial charge is 0.244 e. The molecule has 2 rings (SSSR count). The number of ether oxygens (including phenoxy) is 1. The molecule has 1 heterocycles. The molecule has 6 heteroatoms. The standard InChI is InChI=1S/C16H14Br2N2O2/c1-22-16-12(7-13(17)8-14(16)18)4-5-15(21)20-10-11-3-2-6-19-9-11/h2-9H,10H2,1H3,(H,20,21)/b5-4+. The highest BCUT2D eigenvalue weighted by molar-refractivity contribution is 9.11. The Hall–Kier alpha value is -1.66. The molecular formula is C16H14Br2N2O2. The minimum absolute atomic E-state index is 0.179. The monoisotopic (exact) mass is 424 g/mol. The molecule has 2 aromatic rings. The number of aromatic nitrogens is 1. The number of rotatable bonds is 5. The van der Waals surface area contributed by atoms with E-state index < -0.39 is 0 Å². The summed E-state index contributed by atoms with van der Waals surface area (Å²) in [5, 5.41) is 2.81. The van der Waals surface area contributed by atoms with E-state index in [0.29, 0.717) is 12.3 Å². The number of amides is 1. The third-order valence-electron chi connectivity index (χ3n) is 2.85.